The molecule has 0 amide bonds. The largest absolute Gasteiger partial charge is 0.456 e. The molecule has 296 valence electrons. The van der Waals surface area contributed by atoms with E-state index >= 15 is 0 Å². The van der Waals surface area contributed by atoms with Crippen LogP contribution in [0, 0.1) is 0 Å². The van der Waals surface area contributed by atoms with Gasteiger partial charge in [-0.15, -0.1) is 0 Å². The third kappa shape index (κ3) is 6.29. The maximum absolute atomic E-state index is 6.90. The average Bonchev–Trinajstić information content (AvgIpc) is 3.90. The lowest BCUT2D eigenvalue weighted by atomic mass is 9.96. The molecule has 0 radical (unpaired) electrons. The molecule has 0 atom stereocenters. The van der Waals surface area contributed by atoms with Crippen molar-refractivity contribution in [2.75, 3.05) is 4.90 Å². The number of aromatic nitrogens is 1. The van der Waals surface area contributed by atoms with E-state index in [9.17, 15) is 0 Å². The van der Waals surface area contributed by atoms with E-state index in [0.717, 1.165) is 94.3 Å². The van der Waals surface area contributed by atoms with Crippen molar-refractivity contribution in [2.24, 2.45) is 0 Å². The molecule has 0 saturated heterocycles. The molecule has 12 rings (SSSR count). The summed E-state index contributed by atoms with van der Waals surface area (Å²) in [6.45, 7) is 0. The Morgan fingerprint density at radius 1 is 0.333 bits per heavy atom. The second-order valence-electron chi connectivity index (χ2n) is 16.1. The van der Waals surface area contributed by atoms with Crippen LogP contribution < -0.4 is 4.90 Å². The summed E-state index contributed by atoms with van der Waals surface area (Å²) < 4.78 is 9.31. The van der Waals surface area contributed by atoms with E-state index in [4.69, 9.17) is 4.42 Å². The number of fused-ring (bicyclic) bond motifs is 6. The average molecular weight is 805 g/mol. The van der Waals surface area contributed by atoms with E-state index in [0.29, 0.717) is 0 Å². The van der Waals surface area contributed by atoms with Crippen LogP contribution in [0.3, 0.4) is 0 Å². The van der Waals surface area contributed by atoms with Crippen molar-refractivity contribution in [3.05, 3.63) is 243 Å². The van der Waals surface area contributed by atoms with Gasteiger partial charge in [-0.3, -0.25) is 0 Å². The molecule has 0 unspecified atom stereocenters. The van der Waals surface area contributed by atoms with E-state index in [1.165, 1.54) is 16.7 Å². The fraction of sp³-hybridized carbons (Fsp3) is 0. The van der Waals surface area contributed by atoms with Gasteiger partial charge in [0.25, 0.3) is 0 Å². The van der Waals surface area contributed by atoms with Crippen LogP contribution in [0.5, 0.6) is 0 Å². The first-order valence-electron chi connectivity index (χ1n) is 21.5. The molecule has 3 nitrogen and oxygen atoms in total. The van der Waals surface area contributed by atoms with Crippen molar-refractivity contribution < 1.29 is 4.42 Å². The number of nitrogens with zero attached hydrogens (tertiary/aromatic N) is 2. The molecule has 0 aliphatic rings. The molecule has 3 heteroatoms. The molecular weight excluding hydrogens is 765 g/mol. The zero-order valence-corrected chi connectivity index (χ0v) is 34.4. The Hall–Kier alpha value is -8.40. The minimum absolute atomic E-state index is 0.832. The molecule has 0 spiro atoms. The first-order valence-corrected chi connectivity index (χ1v) is 21.5. The minimum atomic E-state index is 0.832. The van der Waals surface area contributed by atoms with Crippen LogP contribution in [0.1, 0.15) is 0 Å². The highest BCUT2D eigenvalue weighted by molar-refractivity contribution is 6.28. The maximum Gasteiger partial charge on any atom is 0.139 e. The molecule has 0 N–H and O–H groups in total. The molecule has 63 heavy (non-hydrogen) atoms. The van der Waals surface area contributed by atoms with E-state index in [1.807, 2.05) is 0 Å². The summed E-state index contributed by atoms with van der Waals surface area (Å²) in [6, 6.07) is 87.1. The second-order valence-corrected chi connectivity index (χ2v) is 16.1. The van der Waals surface area contributed by atoms with Crippen LogP contribution in [-0.4, -0.2) is 4.57 Å². The van der Waals surface area contributed by atoms with Gasteiger partial charge < -0.3 is 13.9 Å². The van der Waals surface area contributed by atoms with Crippen LogP contribution in [0.4, 0.5) is 17.1 Å². The number of benzene rings is 10. The summed E-state index contributed by atoms with van der Waals surface area (Å²) in [6.07, 6.45) is 0. The number of hydrogen-bond acceptors (Lipinski definition) is 2. The van der Waals surface area contributed by atoms with Gasteiger partial charge in [0, 0.05) is 39.2 Å². The maximum atomic E-state index is 6.90. The molecule has 0 fully saturated rings. The van der Waals surface area contributed by atoms with E-state index in [1.54, 1.807) is 0 Å². The van der Waals surface area contributed by atoms with Gasteiger partial charge in [0.2, 0.25) is 0 Å². The minimum Gasteiger partial charge on any atom is -0.456 e. The summed E-state index contributed by atoms with van der Waals surface area (Å²) in [5.41, 5.74) is 17.5. The highest BCUT2D eigenvalue weighted by atomic mass is 16.3. The summed E-state index contributed by atoms with van der Waals surface area (Å²) in [5, 5.41) is 4.44. The van der Waals surface area contributed by atoms with Crippen molar-refractivity contribution in [2.45, 2.75) is 0 Å². The standard InChI is InChI=1S/C60H40N2O/c1-5-17-41(18-6-1)43-29-31-45(32-30-43)47-35-38-54-52(39-47)58-55(61(54)48-23-11-4-12-24-48)40-57-59(51-26-14-16-28-56(51)63-57)60(58)62(49-36-33-44(34-37-49)42-19-7-2-8-20-42)53-27-15-13-25-50(53)46-21-9-3-10-22-46/h1-40H. The normalized spacial score (nSPS) is 11.5. The Bertz CT molecular complexity index is 3570. The Labute approximate surface area is 366 Å². The Kier molecular flexibility index (Phi) is 8.83. The highest BCUT2D eigenvalue weighted by Crippen LogP contribution is 2.52. The molecule has 0 aliphatic heterocycles. The fourth-order valence-electron chi connectivity index (χ4n) is 9.45. The van der Waals surface area contributed by atoms with Crippen molar-refractivity contribution in [3.63, 3.8) is 0 Å². The second kappa shape index (κ2) is 15.3. The smallest absolute Gasteiger partial charge is 0.139 e. The van der Waals surface area contributed by atoms with Gasteiger partial charge in [0.05, 0.1) is 27.8 Å². The van der Waals surface area contributed by atoms with Gasteiger partial charge in [-0.2, -0.15) is 0 Å². The zero-order chi connectivity index (χ0) is 41.7. The quantitative estimate of drug-likeness (QED) is 0.153. The molecule has 10 aromatic carbocycles. The van der Waals surface area contributed by atoms with Crippen LogP contribution in [0.2, 0.25) is 0 Å². The predicted molar refractivity (Wildman–Crippen MR) is 264 cm³/mol. The molecule has 0 aliphatic carbocycles. The first kappa shape index (κ1) is 36.5. The Morgan fingerprint density at radius 3 is 1.51 bits per heavy atom. The predicted octanol–water partition coefficient (Wildman–Crippen LogP) is 16.8. The summed E-state index contributed by atoms with van der Waals surface area (Å²) in [5.74, 6) is 0. The number of para-hydroxylation sites is 3. The monoisotopic (exact) mass is 804 g/mol. The number of hydrogen-bond donors (Lipinski definition) is 0. The van der Waals surface area contributed by atoms with Gasteiger partial charge in [-0.1, -0.05) is 188 Å². The third-order valence-electron chi connectivity index (χ3n) is 12.4. The van der Waals surface area contributed by atoms with Crippen molar-refractivity contribution in [1.82, 2.24) is 4.57 Å². The lowest BCUT2D eigenvalue weighted by molar-refractivity contribution is 0.669. The van der Waals surface area contributed by atoms with Gasteiger partial charge in [0.15, 0.2) is 0 Å². The third-order valence-corrected chi connectivity index (χ3v) is 12.4. The summed E-state index contributed by atoms with van der Waals surface area (Å²) >= 11 is 0. The van der Waals surface area contributed by atoms with Crippen molar-refractivity contribution in [1.29, 1.82) is 0 Å². The molecular formula is C60H40N2O. The van der Waals surface area contributed by atoms with E-state index in [2.05, 4.69) is 252 Å². The van der Waals surface area contributed by atoms with E-state index in [-0.39, 0.29) is 0 Å². The van der Waals surface area contributed by atoms with Gasteiger partial charge >= 0.3 is 0 Å². The Balaban J connectivity index is 1.21. The van der Waals surface area contributed by atoms with Crippen molar-refractivity contribution >= 4 is 60.8 Å². The number of furan rings is 1. The highest BCUT2D eigenvalue weighted by Gasteiger charge is 2.28. The molecule has 12 aromatic rings. The molecule has 0 saturated carbocycles. The van der Waals surface area contributed by atoms with Crippen LogP contribution in [0.25, 0.3) is 93.9 Å². The molecule has 0 bridgehead atoms. The number of anilines is 3. The number of rotatable bonds is 8. The zero-order valence-electron chi connectivity index (χ0n) is 34.4. The van der Waals surface area contributed by atoms with Crippen LogP contribution in [-0.2, 0) is 0 Å². The van der Waals surface area contributed by atoms with Crippen LogP contribution >= 0.6 is 0 Å². The Morgan fingerprint density at radius 2 is 0.841 bits per heavy atom. The van der Waals surface area contributed by atoms with Gasteiger partial charge in [-0.25, -0.2) is 0 Å². The topological polar surface area (TPSA) is 21.3 Å². The first-order chi connectivity index (χ1) is 31.3. The molecule has 2 aromatic heterocycles. The lowest BCUT2D eigenvalue weighted by Gasteiger charge is -2.29. The van der Waals surface area contributed by atoms with Crippen LogP contribution in [0.15, 0.2) is 247 Å². The van der Waals surface area contributed by atoms with Gasteiger partial charge in [-0.05, 0) is 87.5 Å². The van der Waals surface area contributed by atoms with Crippen molar-refractivity contribution in [3.8, 4) is 50.2 Å². The summed E-state index contributed by atoms with van der Waals surface area (Å²) in [7, 11) is 0. The molecule has 2 heterocycles. The summed E-state index contributed by atoms with van der Waals surface area (Å²) in [4.78, 5) is 2.49. The lowest BCUT2D eigenvalue weighted by Crippen LogP contribution is -2.12. The fourth-order valence-corrected chi connectivity index (χ4v) is 9.45. The SMILES string of the molecule is c1ccc(-c2ccc(-c3ccc4c(c3)c3c(N(c5ccc(-c6ccccc6)cc5)c5ccccc5-c5ccccc5)c5c(cc3n4-c3ccccc3)oc3ccccc35)cc2)cc1. The van der Waals surface area contributed by atoms with E-state index < -0.39 is 0 Å². The van der Waals surface area contributed by atoms with Gasteiger partial charge in [0.1, 0.15) is 11.2 Å².